The summed E-state index contributed by atoms with van der Waals surface area (Å²) >= 11 is 0. The Kier molecular flexibility index (Phi) is 5.01. The molecule has 1 aromatic rings. The van der Waals surface area contributed by atoms with Crippen LogP contribution in [0.4, 0.5) is 0 Å². The van der Waals surface area contributed by atoms with E-state index < -0.39 is 6.10 Å². The number of hydrogen-bond acceptors (Lipinski definition) is 3. The molecular weight excluding hydrogens is 252 g/mol. The van der Waals surface area contributed by atoms with Gasteiger partial charge in [0.05, 0.1) is 0 Å². The number of hydrogen-bond donors (Lipinski definition) is 2. The van der Waals surface area contributed by atoms with Gasteiger partial charge in [-0.3, -0.25) is 4.79 Å². The van der Waals surface area contributed by atoms with E-state index >= 15 is 0 Å². The number of carbonyl (C=O) groups is 1. The van der Waals surface area contributed by atoms with Gasteiger partial charge in [0, 0.05) is 19.0 Å². The largest absolute Gasteiger partial charge is 0.480 e. The second kappa shape index (κ2) is 6.75. The molecule has 1 aliphatic rings. The van der Waals surface area contributed by atoms with Gasteiger partial charge in [0.15, 0.2) is 6.10 Å². The summed E-state index contributed by atoms with van der Waals surface area (Å²) in [5.74, 6) is 1.21. The number of nitrogens with one attached hydrogen (secondary N) is 1. The van der Waals surface area contributed by atoms with Gasteiger partial charge in [-0.1, -0.05) is 44.9 Å². The molecule has 0 aromatic heterocycles. The molecule has 1 amide bonds. The van der Waals surface area contributed by atoms with Gasteiger partial charge in [0.25, 0.3) is 5.91 Å². The first-order chi connectivity index (χ1) is 9.65. The van der Waals surface area contributed by atoms with Gasteiger partial charge >= 0.3 is 0 Å². The van der Waals surface area contributed by atoms with Crippen molar-refractivity contribution in [2.24, 2.45) is 11.7 Å². The minimum Gasteiger partial charge on any atom is -0.480 e. The molecule has 20 heavy (non-hydrogen) atoms. The fraction of sp³-hybridized carbons (Fsp3) is 0.562. The molecular formula is C16H24N2O2. The number of para-hydroxylation sites is 1. The van der Waals surface area contributed by atoms with Gasteiger partial charge in [0.2, 0.25) is 0 Å². The second-order valence-electron chi connectivity index (χ2n) is 5.40. The number of rotatable bonds is 6. The predicted molar refractivity (Wildman–Crippen MR) is 79.6 cm³/mol. The third-order valence-corrected chi connectivity index (χ3v) is 4.11. The molecule has 0 saturated carbocycles. The molecule has 2 rings (SSSR count). The number of amides is 1. The standard InChI is InChI=1S/C16H24N2O2/c1-3-11(4-2)13(17)10-18-16(19)15-9-12-7-5-6-8-14(12)20-15/h5-8,11,13,15H,3-4,9-10,17H2,1-2H3,(H,18,19). The molecule has 110 valence electrons. The highest BCUT2D eigenvalue weighted by atomic mass is 16.5. The van der Waals surface area contributed by atoms with Crippen molar-refractivity contribution in [3.63, 3.8) is 0 Å². The number of carbonyl (C=O) groups excluding carboxylic acids is 1. The Hall–Kier alpha value is -1.55. The fourth-order valence-corrected chi connectivity index (χ4v) is 2.72. The number of nitrogens with two attached hydrogens (primary N) is 1. The Morgan fingerprint density at radius 2 is 2.10 bits per heavy atom. The van der Waals surface area contributed by atoms with Crippen molar-refractivity contribution in [3.05, 3.63) is 29.8 Å². The van der Waals surface area contributed by atoms with E-state index in [9.17, 15) is 4.79 Å². The van der Waals surface area contributed by atoms with Crippen LogP contribution in [-0.4, -0.2) is 24.6 Å². The van der Waals surface area contributed by atoms with Gasteiger partial charge in [-0.05, 0) is 17.5 Å². The van der Waals surface area contributed by atoms with Crippen LogP contribution in [0.3, 0.4) is 0 Å². The van der Waals surface area contributed by atoms with E-state index in [-0.39, 0.29) is 11.9 Å². The maximum atomic E-state index is 12.1. The second-order valence-corrected chi connectivity index (χ2v) is 5.40. The molecule has 2 atom stereocenters. The quantitative estimate of drug-likeness (QED) is 0.833. The third-order valence-electron chi connectivity index (χ3n) is 4.11. The molecule has 4 nitrogen and oxygen atoms in total. The van der Waals surface area contributed by atoms with Crippen LogP contribution in [-0.2, 0) is 11.2 Å². The Balaban J connectivity index is 1.82. The highest BCUT2D eigenvalue weighted by Crippen LogP contribution is 2.28. The summed E-state index contributed by atoms with van der Waals surface area (Å²) in [4.78, 5) is 12.1. The van der Waals surface area contributed by atoms with Gasteiger partial charge in [-0.15, -0.1) is 0 Å². The van der Waals surface area contributed by atoms with Gasteiger partial charge in [-0.25, -0.2) is 0 Å². The normalized spacial score (nSPS) is 18.5. The van der Waals surface area contributed by atoms with Crippen molar-refractivity contribution in [1.82, 2.24) is 5.32 Å². The summed E-state index contributed by atoms with van der Waals surface area (Å²) in [5, 5.41) is 2.92. The van der Waals surface area contributed by atoms with Crippen LogP contribution in [0, 0.1) is 5.92 Å². The lowest BCUT2D eigenvalue weighted by molar-refractivity contribution is -0.127. The average Bonchev–Trinajstić information content (AvgIpc) is 2.90. The predicted octanol–water partition coefficient (Wildman–Crippen LogP) is 1.87. The van der Waals surface area contributed by atoms with Crippen molar-refractivity contribution >= 4 is 5.91 Å². The zero-order valence-corrected chi connectivity index (χ0v) is 12.3. The molecule has 2 unspecified atom stereocenters. The minimum atomic E-state index is -0.415. The molecule has 1 aliphatic heterocycles. The van der Waals surface area contributed by atoms with Crippen molar-refractivity contribution in [2.45, 2.75) is 45.3 Å². The third kappa shape index (κ3) is 3.31. The summed E-state index contributed by atoms with van der Waals surface area (Å²) in [6, 6.07) is 7.79. The lowest BCUT2D eigenvalue weighted by Gasteiger charge is -2.22. The van der Waals surface area contributed by atoms with Gasteiger partial charge < -0.3 is 15.8 Å². The van der Waals surface area contributed by atoms with Gasteiger partial charge in [0.1, 0.15) is 5.75 Å². The molecule has 0 bridgehead atoms. The smallest absolute Gasteiger partial charge is 0.261 e. The molecule has 1 aromatic carbocycles. The highest BCUT2D eigenvalue weighted by Gasteiger charge is 2.29. The first-order valence-corrected chi connectivity index (χ1v) is 7.43. The van der Waals surface area contributed by atoms with Crippen molar-refractivity contribution in [1.29, 1.82) is 0 Å². The molecule has 0 spiro atoms. The Labute approximate surface area is 120 Å². The van der Waals surface area contributed by atoms with E-state index in [1.165, 1.54) is 0 Å². The van der Waals surface area contributed by atoms with Crippen molar-refractivity contribution in [3.8, 4) is 5.75 Å². The topological polar surface area (TPSA) is 64.3 Å². The Morgan fingerprint density at radius 1 is 1.40 bits per heavy atom. The van der Waals surface area contributed by atoms with Crippen molar-refractivity contribution in [2.75, 3.05) is 6.54 Å². The maximum Gasteiger partial charge on any atom is 0.261 e. The van der Waals surface area contributed by atoms with E-state index in [4.69, 9.17) is 10.5 Å². The molecule has 3 N–H and O–H groups in total. The van der Waals surface area contributed by atoms with Crippen LogP contribution in [0.5, 0.6) is 5.75 Å². The Bertz CT molecular complexity index is 433. The SMILES string of the molecule is CCC(CC)C(N)CNC(=O)C1Cc2ccccc2O1. The van der Waals surface area contributed by atoms with Gasteiger partial charge in [-0.2, -0.15) is 0 Å². The number of ether oxygens (including phenoxy) is 1. The first-order valence-electron chi connectivity index (χ1n) is 7.43. The zero-order valence-electron chi connectivity index (χ0n) is 12.3. The summed E-state index contributed by atoms with van der Waals surface area (Å²) in [6.07, 6.45) is 2.31. The minimum absolute atomic E-state index is 0.0118. The number of benzene rings is 1. The molecule has 0 saturated heterocycles. The van der Waals surface area contributed by atoms with E-state index in [1.807, 2.05) is 24.3 Å². The van der Waals surface area contributed by atoms with Crippen LogP contribution in [0.15, 0.2) is 24.3 Å². The van der Waals surface area contributed by atoms with Crippen LogP contribution in [0.25, 0.3) is 0 Å². The lowest BCUT2D eigenvalue weighted by Crippen LogP contribution is -2.46. The van der Waals surface area contributed by atoms with Crippen LogP contribution >= 0.6 is 0 Å². The number of fused-ring (bicyclic) bond motifs is 1. The van der Waals surface area contributed by atoms with E-state index in [2.05, 4.69) is 19.2 Å². The average molecular weight is 276 g/mol. The molecule has 4 heteroatoms. The lowest BCUT2D eigenvalue weighted by atomic mass is 9.95. The zero-order chi connectivity index (χ0) is 14.5. The van der Waals surface area contributed by atoms with Crippen LogP contribution < -0.4 is 15.8 Å². The summed E-state index contributed by atoms with van der Waals surface area (Å²) in [5.41, 5.74) is 7.21. The van der Waals surface area contributed by atoms with Crippen molar-refractivity contribution < 1.29 is 9.53 Å². The summed E-state index contributed by atoms with van der Waals surface area (Å²) < 4.78 is 5.66. The molecule has 1 heterocycles. The maximum absolute atomic E-state index is 12.1. The summed E-state index contributed by atoms with van der Waals surface area (Å²) in [6.45, 7) is 4.78. The first kappa shape index (κ1) is 14.9. The highest BCUT2D eigenvalue weighted by molar-refractivity contribution is 5.82. The van der Waals surface area contributed by atoms with E-state index in [1.54, 1.807) is 0 Å². The Morgan fingerprint density at radius 3 is 2.75 bits per heavy atom. The molecule has 0 fully saturated rings. The molecule has 0 radical (unpaired) electrons. The van der Waals surface area contributed by atoms with E-state index in [0.717, 1.165) is 24.2 Å². The fourth-order valence-electron chi connectivity index (χ4n) is 2.72. The van der Waals surface area contributed by atoms with Crippen LogP contribution in [0.2, 0.25) is 0 Å². The van der Waals surface area contributed by atoms with Crippen LogP contribution in [0.1, 0.15) is 32.3 Å². The van der Waals surface area contributed by atoms with E-state index in [0.29, 0.717) is 18.9 Å². The monoisotopic (exact) mass is 276 g/mol. The summed E-state index contributed by atoms with van der Waals surface area (Å²) in [7, 11) is 0. The molecule has 0 aliphatic carbocycles.